The highest BCUT2D eigenvalue weighted by Gasteiger charge is 2.23. The van der Waals surface area contributed by atoms with Gasteiger partial charge in [-0.1, -0.05) is 19.3 Å². The number of hydrogen-bond acceptors (Lipinski definition) is 3. The number of rotatable bonds is 4. The van der Waals surface area contributed by atoms with Gasteiger partial charge in [0.25, 0.3) is 5.91 Å². The minimum atomic E-state index is -0.434. The average molecular weight is 265 g/mol. The molecular formula is C15H23NO3. The molecule has 1 aromatic rings. The molecule has 0 bridgehead atoms. The Bertz CT molecular complexity index is 413. The van der Waals surface area contributed by atoms with Crippen LogP contribution in [0.2, 0.25) is 0 Å². The molecule has 106 valence electrons. The molecule has 2 rings (SSSR count). The zero-order chi connectivity index (χ0) is 13.8. The van der Waals surface area contributed by atoms with Gasteiger partial charge in [0.15, 0.2) is 0 Å². The van der Waals surface area contributed by atoms with Crippen molar-refractivity contribution in [2.45, 2.75) is 52.1 Å². The molecule has 1 amide bonds. The second-order valence-corrected chi connectivity index (χ2v) is 5.53. The second kappa shape index (κ2) is 6.24. The van der Waals surface area contributed by atoms with E-state index in [0.29, 0.717) is 23.8 Å². The van der Waals surface area contributed by atoms with E-state index >= 15 is 0 Å². The van der Waals surface area contributed by atoms with Crippen LogP contribution in [0.25, 0.3) is 0 Å². The summed E-state index contributed by atoms with van der Waals surface area (Å²) in [6.45, 7) is 3.95. The third-order valence-corrected chi connectivity index (χ3v) is 4.05. The minimum absolute atomic E-state index is 0.154. The van der Waals surface area contributed by atoms with Crippen molar-refractivity contribution in [2.75, 3.05) is 6.54 Å². The Morgan fingerprint density at radius 1 is 1.42 bits per heavy atom. The predicted molar refractivity (Wildman–Crippen MR) is 73.1 cm³/mol. The van der Waals surface area contributed by atoms with Crippen LogP contribution in [0.15, 0.2) is 10.7 Å². The van der Waals surface area contributed by atoms with Crippen LogP contribution in [0.4, 0.5) is 0 Å². The fraction of sp³-hybridized carbons (Fsp3) is 0.667. The summed E-state index contributed by atoms with van der Waals surface area (Å²) in [4.78, 5) is 12.1. The highest BCUT2D eigenvalue weighted by molar-refractivity contribution is 5.96. The van der Waals surface area contributed by atoms with E-state index in [1.165, 1.54) is 19.3 Å². The number of amides is 1. The molecule has 2 N–H and O–H groups in total. The molecule has 1 atom stereocenters. The van der Waals surface area contributed by atoms with Gasteiger partial charge in [-0.25, -0.2) is 0 Å². The third-order valence-electron chi connectivity index (χ3n) is 4.05. The Morgan fingerprint density at radius 2 is 2.11 bits per heavy atom. The van der Waals surface area contributed by atoms with Crippen LogP contribution in [0.1, 0.15) is 53.8 Å². The van der Waals surface area contributed by atoms with Crippen LogP contribution >= 0.6 is 0 Å². The lowest BCUT2D eigenvalue weighted by Gasteiger charge is -2.26. The zero-order valence-electron chi connectivity index (χ0n) is 11.7. The molecule has 0 saturated heterocycles. The summed E-state index contributed by atoms with van der Waals surface area (Å²) in [5.74, 6) is 0.807. The van der Waals surface area contributed by atoms with Crippen LogP contribution < -0.4 is 5.32 Å². The summed E-state index contributed by atoms with van der Waals surface area (Å²) in [5, 5.41) is 12.9. The zero-order valence-corrected chi connectivity index (χ0v) is 11.7. The number of aliphatic hydroxyl groups is 1. The topological polar surface area (TPSA) is 62.5 Å². The van der Waals surface area contributed by atoms with Gasteiger partial charge in [-0.15, -0.1) is 0 Å². The largest absolute Gasteiger partial charge is 0.469 e. The molecule has 1 aliphatic rings. The van der Waals surface area contributed by atoms with Gasteiger partial charge in [-0.05, 0) is 32.6 Å². The Kier molecular flexibility index (Phi) is 4.64. The van der Waals surface area contributed by atoms with E-state index in [4.69, 9.17) is 4.42 Å². The van der Waals surface area contributed by atoms with E-state index in [9.17, 15) is 9.90 Å². The maximum atomic E-state index is 12.1. The molecule has 0 aromatic carbocycles. The monoisotopic (exact) mass is 265 g/mol. The third kappa shape index (κ3) is 3.38. The molecule has 0 radical (unpaired) electrons. The van der Waals surface area contributed by atoms with Crippen molar-refractivity contribution in [1.82, 2.24) is 5.32 Å². The molecule has 1 heterocycles. The molecule has 1 fully saturated rings. The lowest BCUT2D eigenvalue weighted by atomic mass is 9.85. The summed E-state index contributed by atoms with van der Waals surface area (Å²) in [5.41, 5.74) is 1.43. The van der Waals surface area contributed by atoms with Crippen molar-refractivity contribution in [3.8, 4) is 0 Å². The van der Waals surface area contributed by atoms with Crippen molar-refractivity contribution >= 4 is 5.91 Å². The number of hydrogen-bond donors (Lipinski definition) is 2. The maximum Gasteiger partial charge on any atom is 0.255 e. The van der Waals surface area contributed by atoms with Gasteiger partial charge < -0.3 is 14.8 Å². The first-order valence-electron chi connectivity index (χ1n) is 7.10. The molecule has 0 aliphatic heterocycles. The Hall–Kier alpha value is -1.29. The molecule has 19 heavy (non-hydrogen) atoms. The van der Waals surface area contributed by atoms with Gasteiger partial charge in [-0.2, -0.15) is 0 Å². The molecule has 0 spiro atoms. The normalized spacial score (nSPS) is 18.3. The van der Waals surface area contributed by atoms with Crippen molar-refractivity contribution in [3.63, 3.8) is 0 Å². The van der Waals surface area contributed by atoms with Crippen molar-refractivity contribution < 1.29 is 14.3 Å². The fourth-order valence-electron chi connectivity index (χ4n) is 2.88. The van der Waals surface area contributed by atoms with Gasteiger partial charge in [0, 0.05) is 12.1 Å². The number of furan rings is 1. The van der Waals surface area contributed by atoms with Crippen molar-refractivity contribution in [2.24, 2.45) is 5.92 Å². The fourth-order valence-corrected chi connectivity index (χ4v) is 2.88. The summed E-state index contributed by atoms with van der Waals surface area (Å²) in [6.07, 6.45) is 6.94. The highest BCUT2D eigenvalue weighted by Crippen LogP contribution is 2.26. The average Bonchev–Trinajstić information content (AvgIpc) is 2.76. The molecular weight excluding hydrogens is 242 g/mol. The standard InChI is InChI=1S/C15H23NO3/c1-10-9-19-11(2)14(10)15(18)16-8-13(17)12-6-4-3-5-7-12/h9,12-13,17H,3-8H2,1-2H3,(H,16,18). The number of aliphatic hydroxyl groups excluding tert-OH is 1. The smallest absolute Gasteiger partial charge is 0.255 e. The first-order valence-corrected chi connectivity index (χ1v) is 7.10. The summed E-state index contributed by atoms with van der Waals surface area (Å²) in [6, 6.07) is 0. The Morgan fingerprint density at radius 3 is 2.68 bits per heavy atom. The molecule has 1 aromatic heterocycles. The highest BCUT2D eigenvalue weighted by atomic mass is 16.3. The van der Waals surface area contributed by atoms with E-state index in [1.807, 2.05) is 6.92 Å². The lowest BCUT2D eigenvalue weighted by Crippen LogP contribution is -2.37. The van der Waals surface area contributed by atoms with E-state index in [2.05, 4.69) is 5.32 Å². The number of carbonyl (C=O) groups excluding carboxylic acids is 1. The number of carbonyl (C=O) groups is 1. The van der Waals surface area contributed by atoms with Gasteiger partial charge in [0.2, 0.25) is 0 Å². The first-order chi connectivity index (χ1) is 9.09. The van der Waals surface area contributed by atoms with Crippen molar-refractivity contribution in [1.29, 1.82) is 0 Å². The van der Waals surface area contributed by atoms with Gasteiger partial charge in [0.05, 0.1) is 17.9 Å². The minimum Gasteiger partial charge on any atom is -0.469 e. The Balaban J connectivity index is 1.86. The SMILES string of the molecule is Cc1coc(C)c1C(=O)NCC(O)C1CCCCC1. The molecule has 1 unspecified atom stereocenters. The van der Waals surface area contributed by atoms with E-state index < -0.39 is 6.10 Å². The van der Waals surface area contributed by atoms with Crippen LogP contribution in [0, 0.1) is 19.8 Å². The summed E-state index contributed by atoms with van der Waals surface area (Å²) >= 11 is 0. The summed E-state index contributed by atoms with van der Waals surface area (Å²) < 4.78 is 5.22. The van der Waals surface area contributed by atoms with Crippen molar-refractivity contribution in [3.05, 3.63) is 23.2 Å². The number of aryl methyl sites for hydroxylation is 2. The van der Waals surface area contributed by atoms with Gasteiger partial charge >= 0.3 is 0 Å². The molecule has 1 saturated carbocycles. The maximum absolute atomic E-state index is 12.1. The van der Waals surface area contributed by atoms with E-state index in [1.54, 1.807) is 13.2 Å². The van der Waals surface area contributed by atoms with E-state index in [-0.39, 0.29) is 5.91 Å². The quantitative estimate of drug-likeness (QED) is 0.879. The van der Waals surface area contributed by atoms with Crippen LogP contribution in [0.5, 0.6) is 0 Å². The lowest BCUT2D eigenvalue weighted by molar-refractivity contribution is 0.0737. The van der Waals surface area contributed by atoms with Gasteiger partial charge in [0.1, 0.15) is 5.76 Å². The van der Waals surface area contributed by atoms with Crippen LogP contribution in [-0.2, 0) is 0 Å². The molecule has 4 heteroatoms. The molecule has 4 nitrogen and oxygen atoms in total. The second-order valence-electron chi connectivity index (χ2n) is 5.53. The Labute approximate surface area is 114 Å². The predicted octanol–water partition coefficient (Wildman–Crippen LogP) is 2.57. The summed E-state index contributed by atoms with van der Waals surface area (Å²) in [7, 11) is 0. The van der Waals surface area contributed by atoms with Gasteiger partial charge in [-0.3, -0.25) is 4.79 Å². The molecule has 1 aliphatic carbocycles. The van der Waals surface area contributed by atoms with Crippen LogP contribution in [0.3, 0.4) is 0 Å². The van der Waals surface area contributed by atoms with Crippen LogP contribution in [-0.4, -0.2) is 23.7 Å². The number of nitrogens with one attached hydrogen (secondary N) is 1. The first kappa shape index (κ1) is 14.1. The van der Waals surface area contributed by atoms with E-state index in [0.717, 1.165) is 18.4 Å².